The van der Waals surface area contributed by atoms with Crippen LogP contribution >= 0.6 is 0 Å². The Balaban J connectivity index is 4.25. The molecule has 0 aliphatic rings. The van der Waals surface area contributed by atoms with Crippen molar-refractivity contribution in [3.8, 4) is 0 Å². The zero-order valence-electron chi connectivity index (χ0n) is 41.2. The molecule has 0 amide bonds. The number of carbonyl (C=O) groups is 3. The molecule has 360 valence electrons. The second-order valence-electron chi connectivity index (χ2n) is 18.5. The van der Waals surface area contributed by atoms with Gasteiger partial charge in [-0.15, -0.1) is 0 Å². The fourth-order valence-electron chi connectivity index (χ4n) is 8.15. The van der Waals surface area contributed by atoms with Crippen LogP contribution < -0.4 is 0 Å². The lowest BCUT2D eigenvalue weighted by Crippen LogP contribution is -2.30. The van der Waals surface area contributed by atoms with E-state index in [0.717, 1.165) is 70.6 Å². The molecule has 1 atom stereocenters. The fourth-order valence-corrected chi connectivity index (χ4v) is 8.15. The molecule has 0 saturated carbocycles. The standard InChI is InChI=1S/C55H104O6/c1-4-7-10-13-16-19-22-24-26-27-28-30-31-33-36-39-42-45-48-54(57)60-51-52(50-59-53(56)47-44-41-38-35-21-18-15-12-9-6-3)61-55(58)49-46-43-40-37-34-32-29-25-23-20-17-14-11-8-5-2/h12,15,52H,4-11,13-14,16-51H2,1-3H3/b15-12-. The highest BCUT2D eigenvalue weighted by Crippen LogP contribution is 2.17. The number of hydrogen-bond donors (Lipinski definition) is 0. The third-order valence-electron chi connectivity index (χ3n) is 12.3. The van der Waals surface area contributed by atoms with Crippen molar-refractivity contribution < 1.29 is 28.6 Å². The summed E-state index contributed by atoms with van der Waals surface area (Å²) in [4.78, 5) is 38.0. The van der Waals surface area contributed by atoms with E-state index in [1.165, 1.54) is 193 Å². The van der Waals surface area contributed by atoms with Crippen molar-refractivity contribution in [3.05, 3.63) is 12.2 Å². The minimum atomic E-state index is -0.766. The first-order chi connectivity index (χ1) is 30.0. The van der Waals surface area contributed by atoms with Crippen molar-refractivity contribution in [3.63, 3.8) is 0 Å². The van der Waals surface area contributed by atoms with Crippen LogP contribution in [0.2, 0.25) is 0 Å². The third kappa shape index (κ3) is 49.0. The maximum Gasteiger partial charge on any atom is 0.306 e. The van der Waals surface area contributed by atoms with E-state index in [4.69, 9.17) is 14.2 Å². The number of rotatable bonds is 50. The summed E-state index contributed by atoms with van der Waals surface area (Å²) in [7, 11) is 0. The summed E-state index contributed by atoms with van der Waals surface area (Å²) in [6.45, 7) is 6.62. The Morgan fingerprint density at radius 2 is 0.574 bits per heavy atom. The van der Waals surface area contributed by atoms with Crippen LogP contribution in [-0.4, -0.2) is 37.2 Å². The smallest absolute Gasteiger partial charge is 0.306 e. The van der Waals surface area contributed by atoms with Gasteiger partial charge in [-0.3, -0.25) is 14.4 Å². The van der Waals surface area contributed by atoms with E-state index >= 15 is 0 Å². The molecule has 0 aromatic carbocycles. The van der Waals surface area contributed by atoms with Crippen molar-refractivity contribution in [2.75, 3.05) is 13.2 Å². The fraction of sp³-hybridized carbons (Fsp3) is 0.909. The van der Waals surface area contributed by atoms with Crippen LogP contribution in [0.3, 0.4) is 0 Å². The molecule has 0 N–H and O–H groups in total. The Morgan fingerprint density at radius 3 is 0.885 bits per heavy atom. The molecule has 0 spiro atoms. The van der Waals surface area contributed by atoms with Crippen LogP contribution in [0.4, 0.5) is 0 Å². The third-order valence-corrected chi connectivity index (χ3v) is 12.3. The molecular weight excluding hydrogens is 757 g/mol. The molecule has 0 fully saturated rings. The number of allylic oxidation sites excluding steroid dienone is 2. The van der Waals surface area contributed by atoms with Crippen LogP contribution in [0.25, 0.3) is 0 Å². The highest BCUT2D eigenvalue weighted by atomic mass is 16.6. The quantitative estimate of drug-likeness (QED) is 0.0262. The van der Waals surface area contributed by atoms with E-state index in [9.17, 15) is 14.4 Å². The Hall–Kier alpha value is -1.85. The lowest BCUT2D eigenvalue weighted by atomic mass is 10.0. The van der Waals surface area contributed by atoms with E-state index in [-0.39, 0.29) is 31.1 Å². The molecule has 0 bridgehead atoms. The molecule has 0 saturated heterocycles. The highest BCUT2D eigenvalue weighted by Gasteiger charge is 2.19. The molecule has 6 nitrogen and oxygen atoms in total. The zero-order chi connectivity index (χ0) is 44.4. The molecule has 0 radical (unpaired) electrons. The summed E-state index contributed by atoms with van der Waals surface area (Å²) in [6, 6.07) is 0. The molecular formula is C55H104O6. The minimum absolute atomic E-state index is 0.0670. The summed E-state index contributed by atoms with van der Waals surface area (Å²) >= 11 is 0. The van der Waals surface area contributed by atoms with Crippen LogP contribution in [0, 0.1) is 0 Å². The van der Waals surface area contributed by atoms with Gasteiger partial charge < -0.3 is 14.2 Å². The number of unbranched alkanes of at least 4 members (excludes halogenated alkanes) is 37. The topological polar surface area (TPSA) is 78.9 Å². The average Bonchev–Trinajstić information content (AvgIpc) is 3.26. The van der Waals surface area contributed by atoms with E-state index in [2.05, 4.69) is 32.9 Å². The van der Waals surface area contributed by atoms with Crippen LogP contribution in [0.1, 0.15) is 303 Å². The zero-order valence-corrected chi connectivity index (χ0v) is 41.2. The van der Waals surface area contributed by atoms with E-state index < -0.39 is 6.10 Å². The Labute approximate surface area is 380 Å². The van der Waals surface area contributed by atoms with Crippen LogP contribution in [-0.2, 0) is 28.6 Å². The van der Waals surface area contributed by atoms with E-state index in [1.807, 2.05) is 0 Å². The second kappa shape index (κ2) is 50.8. The highest BCUT2D eigenvalue weighted by molar-refractivity contribution is 5.71. The van der Waals surface area contributed by atoms with Gasteiger partial charge in [-0.2, -0.15) is 0 Å². The van der Waals surface area contributed by atoms with Crippen molar-refractivity contribution in [1.29, 1.82) is 0 Å². The van der Waals surface area contributed by atoms with Crippen molar-refractivity contribution >= 4 is 17.9 Å². The molecule has 61 heavy (non-hydrogen) atoms. The SMILES string of the molecule is CCC/C=C\CCCCCCCC(=O)OCC(COC(=O)CCCCCCCCCCCCCCCCCCCC)OC(=O)CCCCCCCCCCCCCCCCC. The Morgan fingerprint density at radius 1 is 0.311 bits per heavy atom. The first-order valence-corrected chi connectivity index (χ1v) is 27.2. The van der Waals surface area contributed by atoms with Crippen LogP contribution in [0.15, 0.2) is 12.2 Å². The molecule has 0 aliphatic carbocycles. The van der Waals surface area contributed by atoms with Crippen LogP contribution in [0.5, 0.6) is 0 Å². The van der Waals surface area contributed by atoms with Gasteiger partial charge in [-0.25, -0.2) is 0 Å². The predicted octanol–water partition coefficient (Wildman–Crippen LogP) is 17.8. The first-order valence-electron chi connectivity index (χ1n) is 27.2. The molecule has 0 aliphatic heterocycles. The number of hydrogen-bond acceptors (Lipinski definition) is 6. The number of esters is 3. The molecule has 1 unspecified atom stereocenters. The molecule has 6 heteroatoms. The summed E-state index contributed by atoms with van der Waals surface area (Å²) in [6.07, 6.45) is 56.3. The van der Waals surface area contributed by atoms with Gasteiger partial charge in [0.25, 0.3) is 0 Å². The lowest BCUT2D eigenvalue weighted by molar-refractivity contribution is -0.167. The lowest BCUT2D eigenvalue weighted by Gasteiger charge is -2.18. The van der Waals surface area contributed by atoms with E-state index in [1.54, 1.807) is 0 Å². The monoisotopic (exact) mass is 861 g/mol. The maximum atomic E-state index is 12.8. The molecule has 0 aromatic rings. The van der Waals surface area contributed by atoms with Gasteiger partial charge in [0.2, 0.25) is 0 Å². The minimum Gasteiger partial charge on any atom is -0.462 e. The summed E-state index contributed by atoms with van der Waals surface area (Å²) in [5.74, 6) is -0.858. The van der Waals surface area contributed by atoms with E-state index in [0.29, 0.717) is 19.3 Å². The average molecular weight is 861 g/mol. The summed E-state index contributed by atoms with van der Waals surface area (Å²) in [5, 5.41) is 0. The molecule has 0 aromatic heterocycles. The van der Waals surface area contributed by atoms with Gasteiger partial charge in [0.05, 0.1) is 0 Å². The predicted molar refractivity (Wildman–Crippen MR) is 261 cm³/mol. The summed E-state index contributed by atoms with van der Waals surface area (Å²) in [5.41, 5.74) is 0. The van der Waals surface area contributed by atoms with Gasteiger partial charge in [0.15, 0.2) is 6.10 Å². The van der Waals surface area contributed by atoms with Gasteiger partial charge >= 0.3 is 17.9 Å². The number of ether oxygens (including phenoxy) is 3. The van der Waals surface area contributed by atoms with Gasteiger partial charge in [0, 0.05) is 19.3 Å². The van der Waals surface area contributed by atoms with Gasteiger partial charge in [0.1, 0.15) is 13.2 Å². The van der Waals surface area contributed by atoms with Gasteiger partial charge in [-0.05, 0) is 38.5 Å². The molecule has 0 rings (SSSR count). The van der Waals surface area contributed by atoms with Gasteiger partial charge in [-0.1, -0.05) is 258 Å². The van der Waals surface area contributed by atoms with Crippen molar-refractivity contribution in [1.82, 2.24) is 0 Å². The number of carbonyl (C=O) groups excluding carboxylic acids is 3. The normalized spacial score (nSPS) is 12.0. The largest absolute Gasteiger partial charge is 0.462 e. The van der Waals surface area contributed by atoms with Crippen molar-refractivity contribution in [2.24, 2.45) is 0 Å². The summed E-state index contributed by atoms with van der Waals surface area (Å²) < 4.78 is 16.8. The second-order valence-corrected chi connectivity index (χ2v) is 18.5. The maximum absolute atomic E-state index is 12.8. The molecule has 0 heterocycles. The first kappa shape index (κ1) is 59.1. The Kier molecular flexibility index (Phi) is 49.3. The van der Waals surface area contributed by atoms with Crippen molar-refractivity contribution in [2.45, 2.75) is 309 Å². The Bertz CT molecular complexity index is 947.